The maximum absolute atomic E-state index is 14.5. The number of fused-ring (bicyclic) bond motifs is 1. The largest absolute Gasteiger partial charge is 0.324 e. The van der Waals surface area contributed by atoms with Crippen LogP contribution < -0.4 is 10.6 Å². The Hall–Kier alpha value is -1.92. The Kier molecular flexibility index (Phi) is 5.48. The van der Waals surface area contributed by atoms with Crippen LogP contribution in [0.25, 0.3) is 0 Å². The van der Waals surface area contributed by atoms with Gasteiger partial charge in [-0.1, -0.05) is 18.2 Å². The van der Waals surface area contributed by atoms with Gasteiger partial charge < -0.3 is 10.6 Å². The highest BCUT2D eigenvalue weighted by molar-refractivity contribution is 7.99. The molecule has 0 fully saturated rings. The fraction of sp³-hybridized carbons (Fsp3) is 0.278. The fourth-order valence-corrected chi connectivity index (χ4v) is 3.55. The Morgan fingerprint density at radius 2 is 2.04 bits per heavy atom. The summed E-state index contributed by atoms with van der Waals surface area (Å²) in [5.41, 5.74) is 1.83. The molecule has 0 bridgehead atoms. The van der Waals surface area contributed by atoms with E-state index in [0.29, 0.717) is 29.2 Å². The monoisotopic (exact) mass is 348 g/mol. The zero-order valence-electron chi connectivity index (χ0n) is 13.1. The molecule has 0 unspecified atom stereocenters. The number of benzene rings is 2. The van der Waals surface area contributed by atoms with Gasteiger partial charge in [0.15, 0.2) is 0 Å². The molecule has 6 heteroatoms. The molecule has 0 saturated carbocycles. The predicted octanol–water partition coefficient (Wildman–Crippen LogP) is 3.73. The summed E-state index contributed by atoms with van der Waals surface area (Å²) in [5.74, 6) is -0.476. The van der Waals surface area contributed by atoms with Crippen molar-refractivity contribution in [2.24, 2.45) is 0 Å². The molecule has 0 atom stereocenters. The van der Waals surface area contributed by atoms with Gasteiger partial charge in [0.25, 0.3) is 0 Å². The van der Waals surface area contributed by atoms with Crippen LogP contribution in [-0.2, 0) is 17.8 Å². The number of rotatable bonds is 5. The van der Waals surface area contributed by atoms with Crippen molar-refractivity contribution in [2.75, 3.05) is 17.6 Å². The zero-order valence-corrected chi connectivity index (χ0v) is 13.9. The van der Waals surface area contributed by atoms with Gasteiger partial charge in [0.1, 0.15) is 11.6 Å². The van der Waals surface area contributed by atoms with Crippen molar-refractivity contribution in [2.45, 2.75) is 24.3 Å². The minimum Gasteiger partial charge on any atom is -0.324 e. The molecule has 1 heterocycles. The van der Waals surface area contributed by atoms with E-state index in [1.807, 2.05) is 6.07 Å². The van der Waals surface area contributed by atoms with Gasteiger partial charge >= 0.3 is 0 Å². The summed E-state index contributed by atoms with van der Waals surface area (Å²) in [6, 6.07) is 9.88. The third kappa shape index (κ3) is 3.94. The Morgan fingerprint density at radius 3 is 2.88 bits per heavy atom. The van der Waals surface area contributed by atoms with E-state index in [2.05, 4.69) is 10.6 Å². The molecular weight excluding hydrogens is 330 g/mol. The lowest BCUT2D eigenvalue weighted by molar-refractivity contribution is -0.115. The molecule has 1 aliphatic rings. The summed E-state index contributed by atoms with van der Waals surface area (Å²) in [4.78, 5) is 12.5. The van der Waals surface area contributed by atoms with Gasteiger partial charge in [-0.05, 0) is 42.3 Å². The van der Waals surface area contributed by atoms with E-state index in [9.17, 15) is 13.6 Å². The first kappa shape index (κ1) is 16.9. The number of carbonyl (C=O) groups is 1. The van der Waals surface area contributed by atoms with Crippen LogP contribution in [0.1, 0.15) is 17.5 Å². The van der Waals surface area contributed by atoms with Gasteiger partial charge in [-0.2, -0.15) is 0 Å². The molecule has 126 valence electrons. The molecule has 0 spiro atoms. The number of hydrogen-bond acceptors (Lipinski definition) is 3. The third-order valence-corrected chi connectivity index (χ3v) is 4.96. The lowest BCUT2D eigenvalue weighted by Crippen LogP contribution is -2.25. The van der Waals surface area contributed by atoms with E-state index in [-0.39, 0.29) is 29.6 Å². The Balaban J connectivity index is 1.56. The number of amides is 1. The van der Waals surface area contributed by atoms with Gasteiger partial charge in [0, 0.05) is 23.6 Å². The minimum absolute atomic E-state index is 0.192. The molecule has 3 nitrogen and oxygen atoms in total. The summed E-state index contributed by atoms with van der Waals surface area (Å²) in [5, 5.41) is 5.81. The number of carbonyl (C=O) groups excluding carboxylic acids is 1. The highest BCUT2D eigenvalue weighted by atomic mass is 32.2. The van der Waals surface area contributed by atoms with Gasteiger partial charge in [-0.25, -0.2) is 8.78 Å². The maximum atomic E-state index is 14.5. The Bertz CT molecular complexity index is 752. The van der Waals surface area contributed by atoms with Gasteiger partial charge in [0.2, 0.25) is 5.91 Å². The number of nitrogens with one attached hydrogen (secondary N) is 2. The van der Waals surface area contributed by atoms with Crippen molar-refractivity contribution in [1.29, 1.82) is 0 Å². The molecule has 2 aromatic carbocycles. The normalized spacial score (nSPS) is 13.4. The summed E-state index contributed by atoms with van der Waals surface area (Å²) in [6.07, 6.45) is 0.811. The van der Waals surface area contributed by atoms with E-state index in [4.69, 9.17) is 0 Å². The van der Waals surface area contributed by atoms with Crippen molar-refractivity contribution in [3.8, 4) is 0 Å². The average molecular weight is 348 g/mol. The summed E-state index contributed by atoms with van der Waals surface area (Å²) < 4.78 is 28.0. The van der Waals surface area contributed by atoms with Crippen LogP contribution in [0.2, 0.25) is 0 Å². The smallest absolute Gasteiger partial charge is 0.225 e. The fourth-order valence-electron chi connectivity index (χ4n) is 2.66. The van der Waals surface area contributed by atoms with E-state index in [1.54, 1.807) is 24.3 Å². The van der Waals surface area contributed by atoms with Gasteiger partial charge in [-0.3, -0.25) is 4.79 Å². The summed E-state index contributed by atoms with van der Waals surface area (Å²) in [6.45, 7) is 1.39. The maximum Gasteiger partial charge on any atom is 0.225 e. The van der Waals surface area contributed by atoms with E-state index >= 15 is 0 Å². The van der Waals surface area contributed by atoms with Crippen LogP contribution in [0.4, 0.5) is 14.5 Å². The van der Waals surface area contributed by atoms with Crippen LogP contribution in [-0.4, -0.2) is 18.2 Å². The standard InChI is InChI=1S/C18H18F2N2OS/c19-14-3-1-2-4-16(14)24-10-8-17(23)22-15-6-5-12-11-21-9-7-13(12)18(15)20/h1-6,21H,7-11H2,(H,22,23). The summed E-state index contributed by atoms with van der Waals surface area (Å²) in [7, 11) is 0. The van der Waals surface area contributed by atoms with Crippen LogP contribution in [0.3, 0.4) is 0 Å². The lowest BCUT2D eigenvalue weighted by Gasteiger charge is -2.19. The number of anilines is 1. The summed E-state index contributed by atoms with van der Waals surface area (Å²) >= 11 is 1.28. The SMILES string of the molecule is O=C(CCSc1ccccc1F)Nc1ccc2c(c1F)CCNC2. The molecule has 1 amide bonds. The molecule has 3 rings (SSSR count). The second kappa shape index (κ2) is 7.77. The highest BCUT2D eigenvalue weighted by Crippen LogP contribution is 2.25. The molecule has 0 aliphatic carbocycles. The second-order valence-corrected chi connectivity index (χ2v) is 6.71. The molecule has 0 aromatic heterocycles. The predicted molar refractivity (Wildman–Crippen MR) is 92.2 cm³/mol. The van der Waals surface area contributed by atoms with Crippen molar-refractivity contribution in [3.05, 3.63) is 59.2 Å². The molecule has 0 saturated heterocycles. The molecular formula is C18H18F2N2OS. The molecule has 24 heavy (non-hydrogen) atoms. The average Bonchev–Trinajstić information content (AvgIpc) is 2.59. The number of halogens is 2. The van der Waals surface area contributed by atoms with Crippen molar-refractivity contribution >= 4 is 23.4 Å². The Labute approximate surface area is 143 Å². The zero-order chi connectivity index (χ0) is 16.9. The quantitative estimate of drug-likeness (QED) is 0.809. The van der Waals surface area contributed by atoms with Gasteiger partial charge in [-0.15, -0.1) is 11.8 Å². The van der Waals surface area contributed by atoms with Crippen molar-refractivity contribution in [3.63, 3.8) is 0 Å². The Morgan fingerprint density at radius 1 is 1.21 bits per heavy atom. The van der Waals surface area contributed by atoms with E-state index in [1.165, 1.54) is 17.8 Å². The van der Waals surface area contributed by atoms with E-state index in [0.717, 1.165) is 12.1 Å². The first-order valence-electron chi connectivity index (χ1n) is 7.83. The third-order valence-electron chi connectivity index (χ3n) is 3.90. The first-order valence-corrected chi connectivity index (χ1v) is 8.82. The highest BCUT2D eigenvalue weighted by Gasteiger charge is 2.17. The van der Waals surface area contributed by atoms with Gasteiger partial charge in [0.05, 0.1) is 5.69 Å². The molecule has 0 radical (unpaired) electrons. The van der Waals surface area contributed by atoms with Crippen molar-refractivity contribution in [1.82, 2.24) is 5.32 Å². The lowest BCUT2D eigenvalue weighted by atomic mass is 9.99. The minimum atomic E-state index is -0.343. The van der Waals surface area contributed by atoms with Crippen LogP contribution in [0, 0.1) is 11.6 Å². The molecule has 1 aliphatic heterocycles. The topological polar surface area (TPSA) is 41.1 Å². The second-order valence-electron chi connectivity index (χ2n) is 5.57. The van der Waals surface area contributed by atoms with Crippen LogP contribution in [0.5, 0.6) is 0 Å². The first-order chi connectivity index (χ1) is 11.6. The van der Waals surface area contributed by atoms with Crippen LogP contribution >= 0.6 is 11.8 Å². The van der Waals surface area contributed by atoms with Crippen molar-refractivity contribution < 1.29 is 13.6 Å². The molecule has 2 N–H and O–H groups in total. The number of hydrogen-bond donors (Lipinski definition) is 2. The molecule has 2 aromatic rings. The number of thioether (sulfide) groups is 1. The van der Waals surface area contributed by atoms with Crippen LogP contribution in [0.15, 0.2) is 41.3 Å². The van der Waals surface area contributed by atoms with E-state index < -0.39 is 0 Å².